The van der Waals surface area contributed by atoms with E-state index in [-0.39, 0.29) is 11.9 Å². The van der Waals surface area contributed by atoms with Gasteiger partial charge in [-0.05, 0) is 24.7 Å². The minimum absolute atomic E-state index is 0.0796. The zero-order chi connectivity index (χ0) is 15.1. The maximum atomic E-state index is 12.6. The molecule has 0 aliphatic carbocycles. The average molecular weight is 284 g/mol. The number of carbonyl (C=O) groups is 1. The standard InChI is InChI=1S/C14H28N4O2/c1-11(2)9-18(8-6-13(15)16-20)14(19)17-7-4-5-12(3)10-17/h11-12,20H,4-10H2,1-3H3,(H2,15,16). The largest absolute Gasteiger partial charge is 0.409 e. The molecule has 1 aliphatic heterocycles. The highest BCUT2D eigenvalue weighted by atomic mass is 16.4. The van der Waals surface area contributed by atoms with E-state index in [2.05, 4.69) is 25.9 Å². The van der Waals surface area contributed by atoms with Crippen molar-refractivity contribution in [3.8, 4) is 0 Å². The first-order valence-electron chi connectivity index (χ1n) is 7.44. The number of likely N-dealkylation sites (tertiary alicyclic amines) is 1. The van der Waals surface area contributed by atoms with Gasteiger partial charge in [0.25, 0.3) is 0 Å². The number of amides is 2. The van der Waals surface area contributed by atoms with Gasteiger partial charge in [-0.3, -0.25) is 0 Å². The summed E-state index contributed by atoms with van der Waals surface area (Å²) < 4.78 is 0. The van der Waals surface area contributed by atoms with Gasteiger partial charge >= 0.3 is 6.03 Å². The summed E-state index contributed by atoms with van der Waals surface area (Å²) in [5, 5.41) is 11.6. The number of urea groups is 1. The lowest BCUT2D eigenvalue weighted by Gasteiger charge is -2.36. The van der Waals surface area contributed by atoms with Crippen molar-refractivity contribution in [3.63, 3.8) is 0 Å². The van der Waals surface area contributed by atoms with Crippen molar-refractivity contribution in [2.45, 2.75) is 40.0 Å². The lowest BCUT2D eigenvalue weighted by Crippen LogP contribution is -2.49. The second kappa shape index (κ2) is 7.97. The Morgan fingerprint density at radius 3 is 2.80 bits per heavy atom. The van der Waals surface area contributed by atoms with E-state index in [1.807, 2.05) is 9.80 Å². The number of oxime groups is 1. The maximum absolute atomic E-state index is 12.6. The van der Waals surface area contributed by atoms with Crippen molar-refractivity contribution in [2.75, 3.05) is 26.2 Å². The molecule has 1 unspecified atom stereocenters. The first-order valence-corrected chi connectivity index (χ1v) is 7.44. The molecule has 0 bridgehead atoms. The zero-order valence-corrected chi connectivity index (χ0v) is 12.9. The highest BCUT2D eigenvalue weighted by Crippen LogP contribution is 2.17. The van der Waals surface area contributed by atoms with Gasteiger partial charge in [0.15, 0.2) is 0 Å². The predicted octanol–water partition coefficient (Wildman–Crippen LogP) is 1.93. The molecule has 1 heterocycles. The molecule has 3 N–H and O–H groups in total. The summed E-state index contributed by atoms with van der Waals surface area (Å²) in [6.07, 6.45) is 2.67. The van der Waals surface area contributed by atoms with E-state index in [0.29, 0.717) is 31.3 Å². The number of nitrogens with zero attached hydrogens (tertiary/aromatic N) is 3. The highest BCUT2D eigenvalue weighted by Gasteiger charge is 2.25. The van der Waals surface area contributed by atoms with E-state index < -0.39 is 0 Å². The molecular formula is C14H28N4O2. The van der Waals surface area contributed by atoms with Gasteiger partial charge in [0.2, 0.25) is 0 Å². The molecule has 0 spiro atoms. The SMILES string of the molecule is CC(C)CN(CCC(N)=NO)C(=O)N1CCCC(C)C1. The Labute approximate surface area is 121 Å². The summed E-state index contributed by atoms with van der Waals surface area (Å²) in [7, 11) is 0. The topological polar surface area (TPSA) is 82.2 Å². The fourth-order valence-corrected chi connectivity index (χ4v) is 2.57. The summed E-state index contributed by atoms with van der Waals surface area (Å²) in [4.78, 5) is 16.3. The molecule has 1 fully saturated rings. The summed E-state index contributed by atoms with van der Waals surface area (Å²) in [6, 6.07) is 0.0796. The molecule has 0 aromatic heterocycles. The Kier molecular flexibility index (Phi) is 6.61. The van der Waals surface area contributed by atoms with Gasteiger partial charge in [0, 0.05) is 32.6 Å². The number of nitrogens with two attached hydrogens (primary N) is 1. The van der Waals surface area contributed by atoms with Crippen LogP contribution in [-0.2, 0) is 0 Å². The molecule has 2 amide bonds. The van der Waals surface area contributed by atoms with Crippen LogP contribution in [0, 0.1) is 11.8 Å². The van der Waals surface area contributed by atoms with Crippen LogP contribution in [0.3, 0.4) is 0 Å². The lowest BCUT2D eigenvalue weighted by atomic mass is 10.0. The van der Waals surface area contributed by atoms with Crippen LogP contribution in [0.15, 0.2) is 5.16 Å². The number of carbonyl (C=O) groups excluding carboxylic acids is 1. The summed E-state index contributed by atoms with van der Waals surface area (Å²) >= 11 is 0. The quantitative estimate of drug-likeness (QED) is 0.350. The van der Waals surface area contributed by atoms with Crippen molar-refractivity contribution in [1.82, 2.24) is 9.80 Å². The molecule has 0 aromatic rings. The first-order chi connectivity index (χ1) is 9.43. The average Bonchev–Trinajstić information content (AvgIpc) is 2.41. The molecule has 0 saturated carbocycles. The van der Waals surface area contributed by atoms with Crippen LogP contribution in [0.1, 0.15) is 40.0 Å². The van der Waals surface area contributed by atoms with Gasteiger partial charge in [0.05, 0.1) is 0 Å². The Morgan fingerprint density at radius 2 is 2.25 bits per heavy atom. The fraction of sp³-hybridized carbons (Fsp3) is 0.857. The van der Waals surface area contributed by atoms with E-state index in [1.165, 1.54) is 6.42 Å². The number of amidine groups is 1. The monoisotopic (exact) mass is 284 g/mol. The van der Waals surface area contributed by atoms with Gasteiger partial charge in [-0.1, -0.05) is 25.9 Å². The third-order valence-electron chi connectivity index (χ3n) is 3.55. The molecule has 1 rings (SSSR count). The van der Waals surface area contributed by atoms with Crippen LogP contribution in [0.4, 0.5) is 4.79 Å². The van der Waals surface area contributed by atoms with Crippen LogP contribution >= 0.6 is 0 Å². The number of hydrogen-bond acceptors (Lipinski definition) is 3. The second-order valence-corrected chi connectivity index (χ2v) is 6.16. The zero-order valence-electron chi connectivity index (χ0n) is 12.9. The normalized spacial score (nSPS) is 20.3. The molecule has 6 heteroatoms. The third-order valence-corrected chi connectivity index (χ3v) is 3.55. The minimum atomic E-state index is 0.0796. The van der Waals surface area contributed by atoms with Crippen molar-refractivity contribution in [3.05, 3.63) is 0 Å². The molecule has 0 aromatic carbocycles. The van der Waals surface area contributed by atoms with E-state index in [0.717, 1.165) is 19.5 Å². The van der Waals surface area contributed by atoms with Gasteiger partial charge in [-0.15, -0.1) is 0 Å². The Hall–Kier alpha value is -1.46. The fourth-order valence-electron chi connectivity index (χ4n) is 2.57. The number of hydrogen-bond donors (Lipinski definition) is 2. The van der Waals surface area contributed by atoms with Gasteiger partial charge in [0.1, 0.15) is 5.84 Å². The third kappa shape index (κ3) is 5.27. The first kappa shape index (κ1) is 16.6. The smallest absolute Gasteiger partial charge is 0.320 e. The van der Waals surface area contributed by atoms with E-state index in [9.17, 15) is 4.79 Å². The molecule has 1 atom stereocenters. The van der Waals surface area contributed by atoms with Crippen LogP contribution in [-0.4, -0.2) is 53.1 Å². The Balaban J connectivity index is 2.63. The van der Waals surface area contributed by atoms with Crippen molar-refractivity contribution < 1.29 is 10.0 Å². The highest BCUT2D eigenvalue weighted by molar-refractivity contribution is 5.81. The molecule has 0 radical (unpaired) electrons. The minimum Gasteiger partial charge on any atom is -0.409 e. The van der Waals surface area contributed by atoms with E-state index in [4.69, 9.17) is 10.9 Å². The van der Waals surface area contributed by atoms with Crippen molar-refractivity contribution >= 4 is 11.9 Å². The molecule has 1 aliphatic rings. The van der Waals surface area contributed by atoms with Crippen LogP contribution in [0.5, 0.6) is 0 Å². The Morgan fingerprint density at radius 1 is 1.55 bits per heavy atom. The van der Waals surface area contributed by atoms with Crippen molar-refractivity contribution in [2.24, 2.45) is 22.7 Å². The number of rotatable bonds is 5. The summed E-state index contributed by atoms with van der Waals surface area (Å²) in [5.74, 6) is 1.13. The molecular weight excluding hydrogens is 256 g/mol. The van der Waals surface area contributed by atoms with Crippen LogP contribution < -0.4 is 5.73 Å². The van der Waals surface area contributed by atoms with Crippen LogP contribution in [0.25, 0.3) is 0 Å². The van der Waals surface area contributed by atoms with E-state index in [1.54, 1.807) is 0 Å². The maximum Gasteiger partial charge on any atom is 0.320 e. The molecule has 116 valence electrons. The summed E-state index contributed by atoms with van der Waals surface area (Å²) in [5.41, 5.74) is 5.50. The Bertz CT molecular complexity index is 344. The van der Waals surface area contributed by atoms with Crippen molar-refractivity contribution in [1.29, 1.82) is 0 Å². The second-order valence-electron chi connectivity index (χ2n) is 6.16. The molecule has 6 nitrogen and oxygen atoms in total. The molecule has 1 saturated heterocycles. The predicted molar refractivity (Wildman–Crippen MR) is 79.8 cm³/mol. The van der Waals surface area contributed by atoms with Gasteiger partial charge in [-0.25, -0.2) is 4.79 Å². The molecule has 20 heavy (non-hydrogen) atoms. The summed E-state index contributed by atoms with van der Waals surface area (Å²) in [6.45, 7) is 9.21. The van der Waals surface area contributed by atoms with Gasteiger partial charge < -0.3 is 20.7 Å². The van der Waals surface area contributed by atoms with E-state index >= 15 is 0 Å². The number of piperidine rings is 1. The lowest BCUT2D eigenvalue weighted by molar-refractivity contribution is 0.127. The van der Waals surface area contributed by atoms with Gasteiger partial charge in [-0.2, -0.15) is 0 Å². The van der Waals surface area contributed by atoms with Crippen LogP contribution in [0.2, 0.25) is 0 Å².